The van der Waals surface area contributed by atoms with Crippen LogP contribution < -0.4 is 4.90 Å². The second-order valence-corrected chi connectivity index (χ2v) is 4.84. The zero-order valence-electron chi connectivity index (χ0n) is 11.5. The zero-order chi connectivity index (χ0) is 14.2. The minimum absolute atomic E-state index is 0.467. The predicted molar refractivity (Wildman–Crippen MR) is 70.3 cm³/mol. The van der Waals surface area contributed by atoms with E-state index in [4.69, 9.17) is 0 Å². The number of anilines is 1. The maximum atomic E-state index is 11.5. The van der Waals surface area contributed by atoms with Gasteiger partial charge in [0.2, 0.25) is 0 Å². The highest BCUT2D eigenvalue weighted by atomic mass is 16.4. The molecule has 0 aromatic carbocycles. The molecule has 2 aromatic rings. The molecule has 7 heteroatoms. The van der Waals surface area contributed by atoms with Crippen molar-refractivity contribution in [3.05, 3.63) is 18.1 Å². The molecule has 7 nitrogen and oxygen atoms in total. The number of aliphatic carboxylic acids is 1. The fourth-order valence-corrected chi connectivity index (χ4v) is 2.06. The lowest BCUT2D eigenvalue weighted by atomic mass is 10.0. The molecule has 0 amide bonds. The van der Waals surface area contributed by atoms with Gasteiger partial charge >= 0.3 is 5.97 Å². The van der Waals surface area contributed by atoms with E-state index in [9.17, 15) is 9.90 Å². The third-order valence-corrected chi connectivity index (χ3v) is 3.15. The van der Waals surface area contributed by atoms with Gasteiger partial charge in [-0.3, -0.25) is 0 Å². The lowest BCUT2D eigenvalue weighted by molar-refractivity contribution is -0.142. The third kappa shape index (κ3) is 2.11. The molecular weight excluding hydrogens is 246 g/mol. The first kappa shape index (κ1) is 13.3. The smallest absolute Gasteiger partial charge is 0.328 e. The summed E-state index contributed by atoms with van der Waals surface area (Å²) in [7, 11) is 0. The van der Waals surface area contributed by atoms with E-state index in [0.29, 0.717) is 18.1 Å². The molecule has 0 bridgehead atoms. The van der Waals surface area contributed by atoms with Crippen LogP contribution in [0.3, 0.4) is 0 Å². The van der Waals surface area contributed by atoms with Gasteiger partial charge in [-0.25, -0.2) is 9.78 Å². The number of hydrogen-bond acceptors (Lipinski definition) is 5. The first-order valence-corrected chi connectivity index (χ1v) is 6.06. The Labute approximate surface area is 110 Å². The number of carboxylic acid groups (broad SMARTS) is 1. The molecule has 0 radical (unpaired) electrons. The van der Waals surface area contributed by atoms with Crippen LogP contribution in [0.15, 0.2) is 12.4 Å². The summed E-state index contributed by atoms with van der Waals surface area (Å²) < 4.78 is 1.56. The monoisotopic (exact) mass is 263 g/mol. The van der Waals surface area contributed by atoms with Gasteiger partial charge in [-0.15, -0.1) is 0 Å². The highest BCUT2D eigenvalue weighted by Gasteiger charge is 2.35. The first-order valence-electron chi connectivity index (χ1n) is 6.06. The molecule has 19 heavy (non-hydrogen) atoms. The van der Waals surface area contributed by atoms with Gasteiger partial charge in [0.25, 0.3) is 5.78 Å². The van der Waals surface area contributed by atoms with Gasteiger partial charge in [0.1, 0.15) is 17.7 Å². The van der Waals surface area contributed by atoms with Crippen molar-refractivity contribution in [3.63, 3.8) is 0 Å². The number of aryl methyl sites for hydroxylation is 1. The second-order valence-electron chi connectivity index (χ2n) is 4.84. The molecule has 102 valence electrons. The Balaban J connectivity index is 2.64. The summed E-state index contributed by atoms with van der Waals surface area (Å²) in [4.78, 5) is 21.5. The molecule has 0 spiro atoms. The summed E-state index contributed by atoms with van der Waals surface area (Å²) in [5.41, 5.74) is -0.267. The fourth-order valence-electron chi connectivity index (χ4n) is 2.06. The maximum Gasteiger partial charge on any atom is 0.328 e. The van der Waals surface area contributed by atoms with Crippen LogP contribution in [0, 0.1) is 6.92 Å². The van der Waals surface area contributed by atoms with Crippen LogP contribution in [-0.2, 0) is 4.79 Å². The van der Waals surface area contributed by atoms with Gasteiger partial charge in [-0.05, 0) is 27.7 Å². The average molecular weight is 263 g/mol. The van der Waals surface area contributed by atoms with Crippen molar-refractivity contribution in [2.45, 2.75) is 33.2 Å². The molecule has 2 rings (SSSR count). The van der Waals surface area contributed by atoms with Crippen molar-refractivity contribution in [2.75, 3.05) is 11.4 Å². The average Bonchev–Trinajstić information content (AvgIpc) is 2.77. The minimum Gasteiger partial charge on any atom is -0.480 e. The summed E-state index contributed by atoms with van der Waals surface area (Å²) in [6.45, 7) is 7.62. The van der Waals surface area contributed by atoms with Crippen molar-refractivity contribution < 1.29 is 9.90 Å². The number of hydrogen-bond donors (Lipinski definition) is 1. The number of nitrogens with zero attached hydrogens (tertiary/aromatic N) is 5. The Kier molecular flexibility index (Phi) is 3.13. The second kappa shape index (κ2) is 4.49. The number of rotatable bonds is 4. The van der Waals surface area contributed by atoms with Crippen LogP contribution in [0.4, 0.5) is 5.82 Å². The molecule has 0 unspecified atom stereocenters. The van der Waals surface area contributed by atoms with Gasteiger partial charge in [0, 0.05) is 18.3 Å². The molecule has 0 aliphatic heterocycles. The van der Waals surface area contributed by atoms with Crippen LogP contribution >= 0.6 is 0 Å². The van der Waals surface area contributed by atoms with Crippen molar-refractivity contribution in [2.24, 2.45) is 0 Å². The largest absolute Gasteiger partial charge is 0.480 e. The summed E-state index contributed by atoms with van der Waals surface area (Å²) >= 11 is 0. The number of fused-ring (bicyclic) bond motifs is 1. The van der Waals surface area contributed by atoms with Gasteiger partial charge in [0.05, 0.1) is 0 Å². The molecular formula is C12H17N5O2. The highest BCUT2D eigenvalue weighted by molar-refractivity contribution is 5.82. The van der Waals surface area contributed by atoms with E-state index in [2.05, 4.69) is 15.1 Å². The molecule has 2 heterocycles. The van der Waals surface area contributed by atoms with E-state index in [0.717, 1.165) is 5.69 Å². The van der Waals surface area contributed by atoms with Gasteiger partial charge in [0.15, 0.2) is 0 Å². The van der Waals surface area contributed by atoms with E-state index in [1.165, 1.54) is 6.33 Å². The number of likely N-dealkylation sites (N-methyl/N-ethyl adjacent to an activating group) is 1. The Morgan fingerprint density at radius 3 is 2.79 bits per heavy atom. The molecule has 0 aliphatic rings. The third-order valence-electron chi connectivity index (χ3n) is 3.15. The zero-order valence-corrected chi connectivity index (χ0v) is 11.5. The standard InChI is InChI=1S/C12H17N5O2/c1-5-16(12(3,4)10(18)19)9-6-8(2)15-11-13-7-14-17(9)11/h6-7H,5H2,1-4H3,(H,18,19). The first-order chi connectivity index (χ1) is 8.87. The summed E-state index contributed by atoms with van der Waals surface area (Å²) in [5, 5.41) is 13.5. The van der Waals surface area contributed by atoms with Gasteiger partial charge < -0.3 is 10.0 Å². The fraction of sp³-hybridized carbons (Fsp3) is 0.500. The molecule has 0 saturated carbocycles. The topological polar surface area (TPSA) is 83.6 Å². The lowest BCUT2D eigenvalue weighted by Crippen LogP contribution is -2.51. The number of carbonyl (C=O) groups is 1. The normalized spacial score (nSPS) is 11.8. The van der Waals surface area contributed by atoms with Crippen molar-refractivity contribution in [1.82, 2.24) is 19.6 Å². The quantitative estimate of drug-likeness (QED) is 0.890. The van der Waals surface area contributed by atoms with Gasteiger partial charge in [-0.2, -0.15) is 14.6 Å². The molecule has 1 N–H and O–H groups in total. The highest BCUT2D eigenvalue weighted by Crippen LogP contribution is 2.24. The molecule has 2 aromatic heterocycles. The Hall–Kier alpha value is -2.18. The minimum atomic E-state index is -1.04. The Morgan fingerprint density at radius 1 is 1.53 bits per heavy atom. The number of carboxylic acids is 1. The summed E-state index contributed by atoms with van der Waals surface area (Å²) in [6.07, 6.45) is 1.41. The number of aromatic nitrogens is 4. The van der Waals surface area contributed by atoms with Crippen molar-refractivity contribution in [3.8, 4) is 0 Å². The van der Waals surface area contributed by atoms with E-state index < -0.39 is 11.5 Å². The SMILES string of the molecule is CCN(c1cc(C)nc2ncnn12)C(C)(C)C(=O)O. The summed E-state index contributed by atoms with van der Waals surface area (Å²) in [6, 6.07) is 1.82. The van der Waals surface area contributed by atoms with Crippen molar-refractivity contribution in [1.29, 1.82) is 0 Å². The molecule has 0 fully saturated rings. The Morgan fingerprint density at radius 2 is 2.21 bits per heavy atom. The van der Waals surface area contributed by atoms with E-state index >= 15 is 0 Å². The predicted octanol–water partition coefficient (Wildman–Crippen LogP) is 1.12. The van der Waals surface area contributed by atoms with Crippen LogP contribution in [0.25, 0.3) is 5.78 Å². The van der Waals surface area contributed by atoms with Crippen LogP contribution in [-0.4, -0.2) is 42.7 Å². The van der Waals surface area contributed by atoms with Crippen molar-refractivity contribution >= 4 is 17.6 Å². The Bertz CT molecular complexity index is 620. The summed E-state index contributed by atoms with van der Waals surface area (Å²) in [5.74, 6) is 0.251. The van der Waals surface area contributed by atoms with E-state index in [1.807, 2.05) is 19.9 Å². The lowest BCUT2D eigenvalue weighted by Gasteiger charge is -2.35. The van der Waals surface area contributed by atoms with Crippen LogP contribution in [0.1, 0.15) is 26.5 Å². The molecule has 0 saturated heterocycles. The van der Waals surface area contributed by atoms with Crippen LogP contribution in [0.2, 0.25) is 0 Å². The van der Waals surface area contributed by atoms with Crippen LogP contribution in [0.5, 0.6) is 0 Å². The van der Waals surface area contributed by atoms with Gasteiger partial charge in [-0.1, -0.05) is 0 Å². The van der Waals surface area contributed by atoms with E-state index in [-0.39, 0.29) is 0 Å². The maximum absolute atomic E-state index is 11.5. The van der Waals surface area contributed by atoms with E-state index in [1.54, 1.807) is 23.3 Å². The molecule has 0 aliphatic carbocycles. The molecule has 0 atom stereocenters.